The molecule has 4 aromatic rings. The summed E-state index contributed by atoms with van der Waals surface area (Å²) >= 11 is 6.67. The number of aliphatic hydroxyl groups is 2. The molecular weight excluding hydrogens is 741 g/mol. The predicted octanol–water partition coefficient (Wildman–Crippen LogP) is 5.99. The van der Waals surface area contributed by atoms with Gasteiger partial charge in [0.2, 0.25) is 5.88 Å². The number of nitrogens with one attached hydrogen (secondary N) is 1. The lowest BCUT2D eigenvalue weighted by atomic mass is 9.69. The zero-order chi connectivity index (χ0) is 38.8. The van der Waals surface area contributed by atoms with Crippen molar-refractivity contribution in [1.29, 1.82) is 0 Å². The van der Waals surface area contributed by atoms with Gasteiger partial charge in [0.15, 0.2) is 5.82 Å². The molecule has 13 nitrogen and oxygen atoms in total. The van der Waals surface area contributed by atoms with Crippen LogP contribution in [0.15, 0.2) is 12.3 Å². The van der Waals surface area contributed by atoms with Crippen molar-refractivity contribution in [3.63, 3.8) is 0 Å². The summed E-state index contributed by atoms with van der Waals surface area (Å²) in [5, 5.41) is 30.0. The maximum absolute atomic E-state index is 17.4. The van der Waals surface area contributed by atoms with Gasteiger partial charge in [-0.15, -0.1) is 0 Å². The Kier molecular flexibility index (Phi) is 10.1. The highest BCUT2D eigenvalue weighted by molar-refractivity contribution is 6.33. The van der Waals surface area contributed by atoms with E-state index in [0.717, 1.165) is 51.9 Å². The van der Waals surface area contributed by atoms with Gasteiger partial charge < -0.3 is 34.1 Å². The normalized spacial score (nSPS) is 31.3. The van der Waals surface area contributed by atoms with Gasteiger partial charge in [0.1, 0.15) is 28.0 Å². The highest BCUT2D eigenvalue weighted by atomic mass is 35.5. The van der Waals surface area contributed by atoms with Crippen molar-refractivity contribution in [3.8, 4) is 23.1 Å². The van der Waals surface area contributed by atoms with Gasteiger partial charge in [0.05, 0.1) is 57.9 Å². The molecule has 9 rings (SSSR count). The number of β-amino-alcohol motifs (C(OH)–C–C–N with tert-alkyl or cyclic N) is 1. The van der Waals surface area contributed by atoms with Crippen LogP contribution >= 0.6 is 11.6 Å². The number of methoxy groups -OCH3 is 1. The topological polar surface area (TPSA) is 151 Å². The van der Waals surface area contributed by atoms with E-state index in [4.69, 9.17) is 45.5 Å². The van der Waals surface area contributed by atoms with Crippen LogP contribution in [0.5, 0.6) is 11.9 Å². The smallest absolute Gasteiger partial charge is 0.319 e. The van der Waals surface area contributed by atoms with Crippen LogP contribution in [0.2, 0.25) is 5.02 Å². The minimum Gasteiger partial charge on any atom is -0.480 e. The molecule has 1 spiro atoms. The largest absolute Gasteiger partial charge is 0.480 e. The standard InChI is InChI=1S/C41H53ClFN7O6/c1-24-28(42)16-29-27(17-44-48-29)31(24)34-33(43)35-32(37(45-34)53-3)36(49-18-26(19-51)55-21-39(2,52)20-49)47-38(46-35)56-23-41-9-4-6-30(41)50(14-5-10-41)25-7-11-40(12-8-25)13-15-54-22-40/h16-17,25-26,30,51-52H,4-15,18-23H2,1-3H3,(H,44,48)/t25?,26-,30-,39+,40?,41-/m1/s1. The van der Waals surface area contributed by atoms with E-state index in [1.807, 2.05) is 6.92 Å². The summed E-state index contributed by atoms with van der Waals surface area (Å²) in [6, 6.07) is 2.75. The van der Waals surface area contributed by atoms with E-state index in [1.165, 1.54) is 39.2 Å². The number of benzene rings is 1. The molecule has 3 aliphatic heterocycles. The van der Waals surface area contributed by atoms with Crippen LogP contribution in [0.3, 0.4) is 0 Å². The van der Waals surface area contributed by atoms with Crippen molar-refractivity contribution in [1.82, 2.24) is 30.0 Å². The van der Waals surface area contributed by atoms with E-state index in [2.05, 4.69) is 15.1 Å². The second-order valence-electron chi connectivity index (χ2n) is 17.5. The fraction of sp³-hybridized carbons (Fsp3) is 0.659. The summed E-state index contributed by atoms with van der Waals surface area (Å²) in [7, 11) is 1.47. The number of anilines is 1. The molecule has 56 heavy (non-hydrogen) atoms. The number of hydrogen-bond donors (Lipinski definition) is 3. The van der Waals surface area contributed by atoms with Crippen molar-refractivity contribution < 1.29 is 33.6 Å². The average Bonchev–Trinajstić information content (AvgIpc) is 3.95. The second-order valence-corrected chi connectivity index (χ2v) is 17.9. The van der Waals surface area contributed by atoms with Gasteiger partial charge in [-0.3, -0.25) is 10.00 Å². The number of halogens is 2. The molecule has 0 bridgehead atoms. The molecule has 3 N–H and O–H groups in total. The van der Waals surface area contributed by atoms with Crippen molar-refractivity contribution in [2.24, 2.45) is 10.8 Å². The Balaban J connectivity index is 1.11. The lowest BCUT2D eigenvalue weighted by Gasteiger charge is -2.51. The number of H-pyrrole nitrogens is 1. The number of ether oxygens (including phenoxy) is 4. The molecule has 302 valence electrons. The molecule has 2 saturated carbocycles. The number of hydrogen-bond acceptors (Lipinski definition) is 12. The van der Waals surface area contributed by atoms with Gasteiger partial charge in [-0.25, -0.2) is 9.37 Å². The van der Waals surface area contributed by atoms with E-state index in [-0.39, 0.29) is 66.0 Å². The molecule has 3 saturated heterocycles. The minimum absolute atomic E-state index is 0.0000981. The number of aromatic nitrogens is 5. The van der Waals surface area contributed by atoms with E-state index < -0.39 is 17.5 Å². The summed E-state index contributed by atoms with van der Waals surface area (Å²) in [5.41, 5.74) is 0.697. The van der Waals surface area contributed by atoms with Crippen LogP contribution in [-0.4, -0.2) is 124 Å². The van der Waals surface area contributed by atoms with Gasteiger partial charge in [-0.2, -0.15) is 15.1 Å². The summed E-state index contributed by atoms with van der Waals surface area (Å²) in [6.07, 6.45) is 12.5. The molecule has 0 radical (unpaired) electrons. The van der Waals surface area contributed by atoms with Crippen LogP contribution in [0.25, 0.3) is 33.1 Å². The first-order chi connectivity index (χ1) is 27.0. The van der Waals surface area contributed by atoms with Crippen LogP contribution in [-0.2, 0) is 9.47 Å². The molecule has 6 heterocycles. The molecular formula is C41H53ClFN7O6. The Labute approximate surface area is 331 Å². The van der Waals surface area contributed by atoms with Crippen LogP contribution < -0.4 is 14.4 Å². The number of aliphatic hydroxyl groups excluding tert-OH is 1. The quantitative estimate of drug-likeness (QED) is 0.192. The Morgan fingerprint density at radius 2 is 1.91 bits per heavy atom. The van der Waals surface area contributed by atoms with Crippen molar-refractivity contribution in [2.45, 2.75) is 102 Å². The van der Waals surface area contributed by atoms with E-state index in [1.54, 1.807) is 24.1 Å². The molecule has 1 aromatic carbocycles. The Morgan fingerprint density at radius 3 is 2.68 bits per heavy atom. The van der Waals surface area contributed by atoms with E-state index in [0.29, 0.717) is 51.2 Å². The zero-order valence-corrected chi connectivity index (χ0v) is 33.3. The van der Waals surface area contributed by atoms with Gasteiger partial charge in [-0.05, 0) is 95.2 Å². The van der Waals surface area contributed by atoms with Gasteiger partial charge in [-0.1, -0.05) is 18.0 Å². The highest BCUT2D eigenvalue weighted by Crippen LogP contribution is 2.52. The number of pyridine rings is 1. The monoisotopic (exact) mass is 793 g/mol. The number of rotatable bonds is 8. The van der Waals surface area contributed by atoms with Gasteiger partial charge in [0, 0.05) is 46.6 Å². The molecule has 2 aliphatic carbocycles. The number of nitrogens with zero attached hydrogens (tertiary/aromatic N) is 6. The third-order valence-electron chi connectivity index (χ3n) is 13.7. The van der Waals surface area contributed by atoms with Crippen LogP contribution in [0.4, 0.5) is 10.2 Å². The van der Waals surface area contributed by atoms with Crippen molar-refractivity contribution >= 4 is 39.2 Å². The number of piperidine rings is 1. The Hall–Kier alpha value is -3.40. The first-order valence-electron chi connectivity index (χ1n) is 20.3. The fourth-order valence-electron chi connectivity index (χ4n) is 10.7. The first-order valence-corrected chi connectivity index (χ1v) is 20.6. The average molecular weight is 794 g/mol. The summed E-state index contributed by atoms with van der Waals surface area (Å²) < 4.78 is 41.7. The number of likely N-dealkylation sites (tertiary alicyclic amines) is 1. The van der Waals surface area contributed by atoms with Gasteiger partial charge >= 0.3 is 6.01 Å². The lowest BCUT2D eigenvalue weighted by Crippen LogP contribution is -2.56. The SMILES string of the molecule is COc1nc(-c2c(C)c(Cl)cc3[nH]ncc23)c(F)c2nc(OC[C@]34CCC[C@H]3N(C3CCC5(CCOC5)CC3)CCC4)nc(N3C[C@H](CO)OC[C@@](C)(O)C3)c12. The molecule has 0 amide bonds. The summed E-state index contributed by atoms with van der Waals surface area (Å²) in [5.74, 6) is -0.324. The van der Waals surface area contributed by atoms with Crippen molar-refractivity contribution in [3.05, 3.63) is 28.7 Å². The maximum Gasteiger partial charge on any atom is 0.319 e. The third-order valence-corrected chi connectivity index (χ3v) is 14.1. The van der Waals surface area contributed by atoms with Crippen molar-refractivity contribution in [2.75, 3.05) is 64.7 Å². The maximum atomic E-state index is 17.4. The Bertz CT molecular complexity index is 2100. The molecule has 5 fully saturated rings. The lowest BCUT2D eigenvalue weighted by molar-refractivity contribution is -0.0528. The van der Waals surface area contributed by atoms with E-state index >= 15 is 4.39 Å². The van der Waals surface area contributed by atoms with Gasteiger partial charge in [0.25, 0.3) is 0 Å². The predicted molar refractivity (Wildman–Crippen MR) is 210 cm³/mol. The highest BCUT2D eigenvalue weighted by Gasteiger charge is 2.51. The molecule has 0 unspecified atom stereocenters. The third kappa shape index (κ3) is 6.67. The summed E-state index contributed by atoms with van der Waals surface area (Å²) in [4.78, 5) is 19.1. The fourth-order valence-corrected chi connectivity index (χ4v) is 10.9. The number of aromatic amines is 1. The zero-order valence-electron chi connectivity index (χ0n) is 32.6. The van der Waals surface area contributed by atoms with E-state index in [9.17, 15) is 10.2 Å². The molecule has 3 aromatic heterocycles. The second kappa shape index (κ2) is 14.8. The number of fused-ring (bicyclic) bond motifs is 3. The molecule has 4 atom stereocenters. The molecule has 15 heteroatoms. The van der Waals surface area contributed by atoms with Crippen LogP contribution in [0.1, 0.15) is 76.7 Å². The van der Waals surface area contributed by atoms with Crippen LogP contribution in [0, 0.1) is 23.6 Å². The minimum atomic E-state index is -1.31. The molecule has 5 aliphatic rings. The first kappa shape index (κ1) is 38.1. The summed E-state index contributed by atoms with van der Waals surface area (Å²) in [6.45, 7) is 6.77. The Morgan fingerprint density at radius 1 is 1.09 bits per heavy atom.